The molecule has 0 spiro atoms. The van der Waals surface area contributed by atoms with E-state index in [1.165, 1.54) is 0 Å². The molecular formula is C8H18N2. The van der Waals surface area contributed by atoms with Crippen LogP contribution < -0.4 is 11.5 Å². The molecule has 1 saturated carbocycles. The lowest BCUT2D eigenvalue weighted by Crippen LogP contribution is -2.65. The number of rotatable bonds is 1. The van der Waals surface area contributed by atoms with Crippen molar-refractivity contribution >= 4 is 0 Å². The third-order valence-corrected chi connectivity index (χ3v) is 3.35. The predicted molar refractivity (Wildman–Crippen MR) is 43.5 cm³/mol. The third-order valence-electron chi connectivity index (χ3n) is 3.35. The van der Waals surface area contributed by atoms with Crippen molar-refractivity contribution in [2.45, 2.75) is 39.3 Å². The Morgan fingerprint density at radius 2 is 1.70 bits per heavy atom. The minimum Gasteiger partial charge on any atom is -0.327 e. The Kier molecular flexibility index (Phi) is 1.77. The van der Waals surface area contributed by atoms with Crippen molar-refractivity contribution in [3.8, 4) is 0 Å². The maximum atomic E-state index is 5.87. The second-order valence-electron chi connectivity index (χ2n) is 3.97. The lowest BCUT2D eigenvalue weighted by atomic mass is 9.57. The summed E-state index contributed by atoms with van der Waals surface area (Å²) >= 11 is 0. The van der Waals surface area contributed by atoms with Crippen molar-refractivity contribution in [3.63, 3.8) is 0 Å². The van der Waals surface area contributed by atoms with Crippen molar-refractivity contribution in [3.05, 3.63) is 0 Å². The van der Waals surface area contributed by atoms with Gasteiger partial charge in [-0.25, -0.2) is 0 Å². The van der Waals surface area contributed by atoms with E-state index >= 15 is 0 Å². The van der Waals surface area contributed by atoms with Gasteiger partial charge in [0.25, 0.3) is 0 Å². The maximum Gasteiger partial charge on any atom is 0.0125 e. The molecule has 0 heterocycles. The average Bonchev–Trinajstić information content (AvgIpc) is 1.86. The summed E-state index contributed by atoms with van der Waals surface area (Å²) in [5, 5.41) is 0. The second kappa shape index (κ2) is 2.21. The van der Waals surface area contributed by atoms with Crippen molar-refractivity contribution in [1.82, 2.24) is 0 Å². The molecule has 0 saturated heterocycles. The molecule has 0 aromatic rings. The van der Waals surface area contributed by atoms with Gasteiger partial charge < -0.3 is 11.5 Å². The van der Waals surface area contributed by atoms with Crippen LogP contribution in [0.2, 0.25) is 0 Å². The average molecular weight is 142 g/mol. The standard InChI is InChI=1S/C8H18N2/c1-5(2)8(3)6(9)4-7(8)10/h5-7H,4,9-10H2,1-3H3. The molecule has 0 bridgehead atoms. The van der Waals surface area contributed by atoms with Crippen molar-refractivity contribution in [2.75, 3.05) is 0 Å². The first kappa shape index (κ1) is 8.02. The van der Waals surface area contributed by atoms with Crippen LogP contribution in [0.4, 0.5) is 0 Å². The molecule has 0 aromatic carbocycles. The van der Waals surface area contributed by atoms with Crippen LogP contribution >= 0.6 is 0 Å². The first-order valence-electron chi connectivity index (χ1n) is 4.00. The highest BCUT2D eigenvalue weighted by Crippen LogP contribution is 2.44. The molecule has 2 heteroatoms. The summed E-state index contributed by atoms with van der Waals surface area (Å²) < 4.78 is 0. The fourth-order valence-electron chi connectivity index (χ4n) is 1.75. The van der Waals surface area contributed by atoms with Gasteiger partial charge in [-0.3, -0.25) is 0 Å². The van der Waals surface area contributed by atoms with E-state index in [9.17, 15) is 0 Å². The minimum absolute atomic E-state index is 0.194. The van der Waals surface area contributed by atoms with Gasteiger partial charge in [-0.1, -0.05) is 20.8 Å². The van der Waals surface area contributed by atoms with Crippen LogP contribution in [0.3, 0.4) is 0 Å². The van der Waals surface area contributed by atoms with Crippen LogP contribution in [0.1, 0.15) is 27.2 Å². The van der Waals surface area contributed by atoms with Crippen LogP contribution in [0.5, 0.6) is 0 Å². The molecule has 1 aliphatic carbocycles. The summed E-state index contributed by atoms with van der Waals surface area (Å²) in [5.74, 6) is 0.603. The fraction of sp³-hybridized carbons (Fsp3) is 1.00. The van der Waals surface area contributed by atoms with E-state index in [0.29, 0.717) is 18.0 Å². The van der Waals surface area contributed by atoms with E-state index < -0.39 is 0 Å². The molecule has 4 N–H and O–H groups in total. The Balaban J connectivity index is 2.66. The molecule has 0 radical (unpaired) electrons. The van der Waals surface area contributed by atoms with Gasteiger partial charge in [0.15, 0.2) is 0 Å². The highest BCUT2D eigenvalue weighted by atomic mass is 14.9. The molecule has 1 aliphatic rings. The monoisotopic (exact) mass is 142 g/mol. The van der Waals surface area contributed by atoms with Gasteiger partial charge in [0.2, 0.25) is 0 Å². The highest BCUT2D eigenvalue weighted by molar-refractivity contribution is 5.06. The molecule has 0 aromatic heterocycles. The summed E-state index contributed by atoms with van der Waals surface area (Å²) in [6, 6.07) is 0.644. The summed E-state index contributed by atoms with van der Waals surface area (Å²) in [7, 11) is 0. The molecule has 2 nitrogen and oxygen atoms in total. The maximum absolute atomic E-state index is 5.87. The first-order chi connectivity index (χ1) is 4.49. The van der Waals surface area contributed by atoms with E-state index in [1.807, 2.05) is 0 Å². The third kappa shape index (κ3) is 0.789. The Bertz CT molecular complexity index is 114. The van der Waals surface area contributed by atoms with Crippen LogP contribution in [0.25, 0.3) is 0 Å². The van der Waals surface area contributed by atoms with Gasteiger partial charge in [0.05, 0.1) is 0 Å². The van der Waals surface area contributed by atoms with Gasteiger partial charge in [-0.15, -0.1) is 0 Å². The number of nitrogens with two attached hydrogens (primary N) is 2. The summed E-state index contributed by atoms with van der Waals surface area (Å²) in [4.78, 5) is 0. The Morgan fingerprint density at radius 1 is 1.30 bits per heavy atom. The van der Waals surface area contributed by atoms with Gasteiger partial charge in [-0.05, 0) is 12.3 Å². The fourth-order valence-corrected chi connectivity index (χ4v) is 1.75. The molecule has 2 unspecified atom stereocenters. The van der Waals surface area contributed by atoms with E-state index in [-0.39, 0.29) is 5.41 Å². The summed E-state index contributed by atoms with van der Waals surface area (Å²) in [6.07, 6.45) is 0.995. The summed E-state index contributed by atoms with van der Waals surface area (Å²) in [6.45, 7) is 6.58. The van der Waals surface area contributed by atoms with Gasteiger partial charge >= 0.3 is 0 Å². The minimum atomic E-state index is 0.194. The molecule has 1 fully saturated rings. The first-order valence-corrected chi connectivity index (χ1v) is 4.00. The SMILES string of the molecule is CC(C)C1(C)C(N)CC1N. The van der Waals surface area contributed by atoms with Crippen LogP contribution in [0, 0.1) is 11.3 Å². The Labute approximate surface area is 63.0 Å². The Morgan fingerprint density at radius 3 is 1.80 bits per heavy atom. The zero-order valence-corrected chi connectivity index (χ0v) is 7.09. The predicted octanol–water partition coefficient (Wildman–Crippen LogP) is 0.707. The molecule has 2 atom stereocenters. The second-order valence-corrected chi connectivity index (χ2v) is 3.97. The molecule has 1 rings (SSSR count). The molecule has 60 valence electrons. The quantitative estimate of drug-likeness (QED) is 0.566. The van der Waals surface area contributed by atoms with Crippen LogP contribution in [-0.4, -0.2) is 12.1 Å². The summed E-state index contributed by atoms with van der Waals surface area (Å²) in [5.41, 5.74) is 11.9. The van der Waals surface area contributed by atoms with Crippen LogP contribution in [0.15, 0.2) is 0 Å². The molecule has 0 aliphatic heterocycles. The zero-order valence-electron chi connectivity index (χ0n) is 7.09. The van der Waals surface area contributed by atoms with E-state index in [2.05, 4.69) is 20.8 Å². The number of hydrogen-bond donors (Lipinski definition) is 2. The molecular weight excluding hydrogens is 124 g/mol. The van der Waals surface area contributed by atoms with E-state index in [1.54, 1.807) is 0 Å². The van der Waals surface area contributed by atoms with Crippen molar-refractivity contribution in [1.29, 1.82) is 0 Å². The lowest BCUT2D eigenvalue weighted by Gasteiger charge is -2.53. The number of hydrogen-bond acceptors (Lipinski definition) is 2. The van der Waals surface area contributed by atoms with Crippen molar-refractivity contribution < 1.29 is 0 Å². The van der Waals surface area contributed by atoms with Gasteiger partial charge in [0.1, 0.15) is 0 Å². The highest BCUT2D eigenvalue weighted by Gasteiger charge is 2.49. The van der Waals surface area contributed by atoms with Gasteiger partial charge in [0, 0.05) is 17.5 Å². The topological polar surface area (TPSA) is 52.0 Å². The molecule has 0 amide bonds. The van der Waals surface area contributed by atoms with Crippen molar-refractivity contribution in [2.24, 2.45) is 22.8 Å². The van der Waals surface area contributed by atoms with E-state index in [0.717, 1.165) is 6.42 Å². The largest absolute Gasteiger partial charge is 0.327 e. The Hall–Kier alpha value is -0.0800. The smallest absolute Gasteiger partial charge is 0.0125 e. The van der Waals surface area contributed by atoms with E-state index in [4.69, 9.17) is 11.5 Å². The normalized spacial score (nSPS) is 47.4. The van der Waals surface area contributed by atoms with Crippen LogP contribution in [-0.2, 0) is 0 Å². The lowest BCUT2D eigenvalue weighted by molar-refractivity contribution is 0.0272. The van der Waals surface area contributed by atoms with Gasteiger partial charge in [-0.2, -0.15) is 0 Å². The zero-order chi connectivity index (χ0) is 7.94. The molecule has 10 heavy (non-hydrogen) atoms.